The summed E-state index contributed by atoms with van der Waals surface area (Å²) in [6.07, 6.45) is 3.23. The van der Waals surface area contributed by atoms with Crippen molar-refractivity contribution in [2.45, 2.75) is 38.2 Å². The average Bonchev–Trinajstić information content (AvgIpc) is 3.17. The standard InChI is InChI=1S/C44H38ClN3O5/c1-2-52-39-24-29(23-38(45)41(39)53-27-28-12-6-3-7-13-28)22-37-42(49)46-44(51)48(43(37)50)32-25-35-33(30-14-8-4-9-15-30)18-20-47-21-19-34(36(26-32)40(35)47)31-16-10-5-11-17-31/h3-17,22-26,33-34H,2,18-21,27H2,1H3,(H,46,49,51)/b37-22+/t33-,34+. The van der Waals surface area contributed by atoms with E-state index in [4.69, 9.17) is 21.1 Å². The smallest absolute Gasteiger partial charge is 0.335 e. The first-order valence-electron chi connectivity index (χ1n) is 18.0. The molecule has 3 aliphatic heterocycles. The minimum Gasteiger partial charge on any atom is -0.490 e. The Kier molecular flexibility index (Phi) is 9.46. The Labute approximate surface area is 313 Å². The number of carbonyl (C=O) groups excluding carboxylic acids is 3. The summed E-state index contributed by atoms with van der Waals surface area (Å²) >= 11 is 6.73. The predicted molar refractivity (Wildman–Crippen MR) is 207 cm³/mol. The molecule has 0 aliphatic carbocycles. The summed E-state index contributed by atoms with van der Waals surface area (Å²) in [5.41, 5.74) is 7.28. The third-order valence-corrected chi connectivity index (χ3v) is 10.5. The molecule has 2 atom stereocenters. The molecule has 8 nitrogen and oxygen atoms in total. The number of amides is 4. The number of barbiturate groups is 1. The molecule has 5 aromatic carbocycles. The van der Waals surface area contributed by atoms with E-state index in [2.05, 4.69) is 34.5 Å². The molecule has 266 valence electrons. The molecule has 0 bridgehead atoms. The summed E-state index contributed by atoms with van der Waals surface area (Å²) in [6.45, 7) is 4.28. The van der Waals surface area contributed by atoms with Gasteiger partial charge in [-0.1, -0.05) is 103 Å². The summed E-state index contributed by atoms with van der Waals surface area (Å²) in [7, 11) is 0. The lowest BCUT2D eigenvalue weighted by molar-refractivity contribution is -0.122. The van der Waals surface area contributed by atoms with E-state index in [0.717, 1.165) is 47.5 Å². The summed E-state index contributed by atoms with van der Waals surface area (Å²) < 4.78 is 12.0. The van der Waals surface area contributed by atoms with Gasteiger partial charge in [-0.25, -0.2) is 9.69 Å². The van der Waals surface area contributed by atoms with Gasteiger partial charge in [0.25, 0.3) is 11.8 Å². The molecule has 0 radical (unpaired) electrons. The van der Waals surface area contributed by atoms with Gasteiger partial charge in [0.15, 0.2) is 11.5 Å². The molecule has 4 amide bonds. The fraction of sp³-hybridized carbons (Fsp3) is 0.205. The van der Waals surface area contributed by atoms with Crippen LogP contribution in [0.15, 0.2) is 121 Å². The molecule has 0 saturated carbocycles. The van der Waals surface area contributed by atoms with E-state index in [-0.39, 0.29) is 29.0 Å². The molecule has 9 heteroatoms. The van der Waals surface area contributed by atoms with Crippen molar-refractivity contribution in [2.75, 3.05) is 29.5 Å². The highest BCUT2D eigenvalue weighted by atomic mass is 35.5. The first kappa shape index (κ1) is 34.2. The van der Waals surface area contributed by atoms with Crippen molar-refractivity contribution in [3.05, 3.63) is 159 Å². The van der Waals surface area contributed by atoms with Crippen molar-refractivity contribution >= 4 is 46.9 Å². The maximum absolute atomic E-state index is 14.4. The Morgan fingerprint density at radius 3 is 1.94 bits per heavy atom. The van der Waals surface area contributed by atoms with Gasteiger partial charge in [-0.15, -0.1) is 0 Å². The number of ether oxygens (including phenoxy) is 2. The molecule has 3 heterocycles. The largest absolute Gasteiger partial charge is 0.490 e. The maximum atomic E-state index is 14.4. The van der Waals surface area contributed by atoms with Crippen LogP contribution in [0.1, 0.15) is 65.0 Å². The number of urea groups is 1. The highest BCUT2D eigenvalue weighted by Crippen LogP contribution is 2.50. The van der Waals surface area contributed by atoms with Crippen LogP contribution in [0.5, 0.6) is 11.5 Å². The summed E-state index contributed by atoms with van der Waals surface area (Å²) in [4.78, 5) is 44.9. The van der Waals surface area contributed by atoms with Crippen molar-refractivity contribution in [2.24, 2.45) is 0 Å². The Morgan fingerprint density at radius 2 is 1.36 bits per heavy atom. The van der Waals surface area contributed by atoms with Gasteiger partial charge in [-0.2, -0.15) is 0 Å². The molecule has 8 rings (SSSR count). The average molecular weight is 724 g/mol. The van der Waals surface area contributed by atoms with Gasteiger partial charge in [0.05, 0.1) is 17.3 Å². The van der Waals surface area contributed by atoms with E-state index in [1.165, 1.54) is 22.9 Å². The monoisotopic (exact) mass is 723 g/mol. The van der Waals surface area contributed by atoms with Crippen molar-refractivity contribution in [3.63, 3.8) is 0 Å². The van der Waals surface area contributed by atoms with Crippen molar-refractivity contribution in [1.82, 2.24) is 5.32 Å². The van der Waals surface area contributed by atoms with Crippen LogP contribution in [-0.2, 0) is 16.2 Å². The molecule has 1 saturated heterocycles. The second kappa shape index (κ2) is 14.6. The van der Waals surface area contributed by atoms with Crippen molar-refractivity contribution in [3.8, 4) is 11.5 Å². The van der Waals surface area contributed by atoms with E-state index >= 15 is 0 Å². The Morgan fingerprint density at radius 1 is 0.774 bits per heavy atom. The molecular weight excluding hydrogens is 686 g/mol. The molecule has 1 N–H and O–H groups in total. The van der Waals surface area contributed by atoms with Crippen LogP contribution < -0.4 is 24.6 Å². The second-order valence-electron chi connectivity index (χ2n) is 13.5. The molecule has 0 unspecified atom stereocenters. The topological polar surface area (TPSA) is 88.2 Å². The fourth-order valence-electron chi connectivity index (χ4n) is 7.83. The van der Waals surface area contributed by atoms with E-state index in [9.17, 15) is 14.4 Å². The lowest BCUT2D eigenvalue weighted by Gasteiger charge is -2.44. The number of hydrogen-bond acceptors (Lipinski definition) is 6. The molecule has 5 aromatic rings. The zero-order valence-electron chi connectivity index (χ0n) is 29.3. The lowest BCUT2D eigenvalue weighted by atomic mass is 9.76. The van der Waals surface area contributed by atoms with Crippen LogP contribution in [0.3, 0.4) is 0 Å². The number of nitrogens with zero attached hydrogens (tertiary/aromatic N) is 2. The number of carbonyl (C=O) groups is 3. The highest BCUT2D eigenvalue weighted by molar-refractivity contribution is 6.39. The minimum absolute atomic E-state index is 0.0667. The number of halogens is 1. The van der Waals surface area contributed by atoms with Crippen LogP contribution in [0.2, 0.25) is 5.02 Å². The highest BCUT2D eigenvalue weighted by Gasteiger charge is 2.40. The summed E-state index contributed by atoms with van der Waals surface area (Å²) in [5.74, 6) is -0.649. The minimum atomic E-state index is -0.794. The maximum Gasteiger partial charge on any atom is 0.335 e. The van der Waals surface area contributed by atoms with Gasteiger partial charge >= 0.3 is 6.03 Å². The SMILES string of the molecule is CCOc1cc(/C=C2\C(=O)NC(=O)N(c3cc4c5c(c3)[C@H](c3ccccc3)CCN5CC[C@@H]4c3ccccc3)C2=O)cc(Cl)c1OCc1ccccc1. The molecule has 1 fully saturated rings. The molecule has 3 aliphatic rings. The predicted octanol–water partition coefficient (Wildman–Crippen LogP) is 8.86. The van der Waals surface area contributed by atoms with Gasteiger partial charge in [-0.3, -0.25) is 14.9 Å². The molecule has 0 spiro atoms. The van der Waals surface area contributed by atoms with Crippen molar-refractivity contribution in [1.29, 1.82) is 0 Å². The molecular formula is C44H38ClN3O5. The van der Waals surface area contributed by atoms with Gasteiger partial charge in [0, 0.05) is 30.6 Å². The van der Waals surface area contributed by atoms with Crippen LogP contribution >= 0.6 is 11.6 Å². The quantitative estimate of drug-likeness (QED) is 0.121. The third kappa shape index (κ3) is 6.66. The first-order valence-corrected chi connectivity index (χ1v) is 18.3. The number of benzene rings is 5. The Balaban J connectivity index is 1.20. The van der Waals surface area contributed by atoms with Crippen LogP contribution in [0.4, 0.5) is 16.2 Å². The molecule has 53 heavy (non-hydrogen) atoms. The Bertz CT molecular complexity index is 2150. The number of nitrogens with one attached hydrogen (secondary N) is 1. The Hall–Kier alpha value is -5.86. The lowest BCUT2D eigenvalue weighted by Crippen LogP contribution is -2.54. The van der Waals surface area contributed by atoms with Gasteiger partial charge in [0.2, 0.25) is 0 Å². The van der Waals surface area contributed by atoms with Gasteiger partial charge in [-0.05, 0) is 83.5 Å². The zero-order valence-corrected chi connectivity index (χ0v) is 30.0. The van der Waals surface area contributed by atoms with Gasteiger partial charge < -0.3 is 14.4 Å². The van der Waals surface area contributed by atoms with Crippen LogP contribution in [-0.4, -0.2) is 37.5 Å². The summed E-state index contributed by atoms with van der Waals surface area (Å²) in [6, 6.07) is 36.8. The van der Waals surface area contributed by atoms with E-state index < -0.39 is 17.8 Å². The number of anilines is 2. The second-order valence-corrected chi connectivity index (χ2v) is 13.9. The van der Waals surface area contributed by atoms with E-state index in [1.807, 2.05) is 85.8 Å². The normalized spacial score (nSPS) is 18.8. The number of imide groups is 2. The van der Waals surface area contributed by atoms with Gasteiger partial charge in [0.1, 0.15) is 12.2 Å². The third-order valence-electron chi connectivity index (χ3n) is 10.2. The zero-order chi connectivity index (χ0) is 36.5. The summed E-state index contributed by atoms with van der Waals surface area (Å²) in [5, 5.41) is 2.68. The number of hydrogen-bond donors (Lipinski definition) is 1. The number of rotatable bonds is 9. The van der Waals surface area contributed by atoms with E-state index in [0.29, 0.717) is 29.4 Å². The van der Waals surface area contributed by atoms with Crippen molar-refractivity contribution < 1.29 is 23.9 Å². The fourth-order valence-corrected chi connectivity index (χ4v) is 8.10. The first-order chi connectivity index (χ1) is 25.9. The van der Waals surface area contributed by atoms with Crippen LogP contribution in [0, 0.1) is 0 Å². The van der Waals surface area contributed by atoms with E-state index in [1.54, 1.807) is 12.1 Å². The molecule has 0 aromatic heterocycles. The van der Waals surface area contributed by atoms with Crippen LogP contribution in [0.25, 0.3) is 6.08 Å².